The molecule has 0 aliphatic heterocycles. The third-order valence-electron chi connectivity index (χ3n) is 4.04. The highest BCUT2D eigenvalue weighted by atomic mass is 35.5. The molecule has 0 saturated carbocycles. The van der Waals surface area contributed by atoms with Gasteiger partial charge in [-0.1, -0.05) is 41.1 Å². The summed E-state index contributed by atoms with van der Waals surface area (Å²) in [5.74, 6) is -0.292. The fourth-order valence-electron chi connectivity index (χ4n) is 2.46. The molecule has 1 N–H and O–H groups in total. The summed E-state index contributed by atoms with van der Waals surface area (Å²) in [6.07, 6.45) is 0. The van der Waals surface area contributed by atoms with Crippen molar-refractivity contribution in [1.82, 2.24) is 15.0 Å². The van der Waals surface area contributed by atoms with Crippen molar-refractivity contribution in [3.8, 4) is 5.69 Å². The largest absolute Gasteiger partial charge is 0.320 e. The molecule has 122 valence electrons. The monoisotopic (exact) mass is 340 g/mol. The van der Waals surface area contributed by atoms with Crippen molar-refractivity contribution in [2.45, 2.75) is 20.8 Å². The number of halogens is 1. The molecular weight excluding hydrogens is 324 g/mol. The average Bonchev–Trinajstić information content (AvgIpc) is 2.94. The molecule has 24 heavy (non-hydrogen) atoms. The predicted octanol–water partition coefficient (Wildman–Crippen LogP) is 4.10. The van der Waals surface area contributed by atoms with E-state index in [2.05, 4.69) is 15.6 Å². The maximum absolute atomic E-state index is 12.6. The topological polar surface area (TPSA) is 59.8 Å². The van der Waals surface area contributed by atoms with Gasteiger partial charge < -0.3 is 5.32 Å². The van der Waals surface area contributed by atoms with Crippen LogP contribution in [0, 0.1) is 20.8 Å². The summed E-state index contributed by atoms with van der Waals surface area (Å²) >= 11 is 6.20. The molecule has 0 radical (unpaired) electrons. The Kier molecular flexibility index (Phi) is 4.36. The Morgan fingerprint density at radius 1 is 1.08 bits per heavy atom. The molecule has 5 nitrogen and oxygen atoms in total. The number of nitrogens with zero attached hydrogens (tertiary/aromatic N) is 3. The lowest BCUT2D eigenvalue weighted by Gasteiger charge is -2.10. The molecule has 3 aromatic rings. The molecule has 1 heterocycles. The maximum atomic E-state index is 12.6. The lowest BCUT2D eigenvalue weighted by molar-refractivity contribution is 0.102. The molecule has 0 spiro atoms. The number of anilines is 1. The van der Waals surface area contributed by atoms with E-state index in [1.165, 1.54) is 0 Å². The lowest BCUT2D eigenvalue weighted by Crippen LogP contribution is -2.15. The summed E-state index contributed by atoms with van der Waals surface area (Å²) in [5, 5.41) is 11.5. The Balaban J connectivity index is 1.92. The van der Waals surface area contributed by atoms with Crippen molar-refractivity contribution in [2.24, 2.45) is 0 Å². The molecule has 0 atom stereocenters. The fourth-order valence-corrected chi connectivity index (χ4v) is 2.68. The molecule has 0 bridgehead atoms. The van der Waals surface area contributed by atoms with Crippen molar-refractivity contribution in [2.75, 3.05) is 5.32 Å². The van der Waals surface area contributed by atoms with Gasteiger partial charge in [-0.25, -0.2) is 4.68 Å². The van der Waals surface area contributed by atoms with E-state index >= 15 is 0 Å². The van der Waals surface area contributed by atoms with Crippen molar-refractivity contribution >= 4 is 23.2 Å². The van der Waals surface area contributed by atoms with Crippen LogP contribution in [0.5, 0.6) is 0 Å². The van der Waals surface area contributed by atoms with Crippen LogP contribution in [-0.2, 0) is 0 Å². The Morgan fingerprint density at radius 2 is 1.83 bits per heavy atom. The number of rotatable bonds is 3. The number of hydrogen-bond donors (Lipinski definition) is 1. The first kappa shape index (κ1) is 16.2. The number of benzene rings is 2. The van der Waals surface area contributed by atoms with Crippen LogP contribution < -0.4 is 5.32 Å². The van der Waals surface area contributed by atoms with E-state index in [9.17, 15) is 4.79 Å². The Labute approximate surface area is 145 Å². The molecule has 2 aromatic carbocycles. The Hall–Kier alpha value is -2.66. The number of nitrogens with one attached hydrogen (secondary N) is 1. The summed E-state index contributed by atoms with van der Waals surface area (Å²) in [6, 6.07) is 13.1. The highest BCUT2D eigenvalue weighted by Crippen LogP contribution is 2.22. The molecular formula is C18H17ClN4O. The predicted molar refractivity (Wildman–Crippen MR) is 95.0 cm³/mol. The van der Waals surface area contributed by atoms with Gasteiger partial charge in [-0.2, -0.15) is 0 Å². The summed E-state index contributed by atoms with van der Waals surface area (Å²) < 4.78 is 1.57. The molecule has 0 aliphatic rings. The molecule has 6 heteroatoms. The Morgan fingerprint density at radius 3 is 2.58 bits per heavy atom. The standard InChI is InChI=1S/C18H17ClN4O/c1-11-7-6-9-15(12(11)2)20-18(24)17-13(3)23(22-21-17)16-10-5-4-8-14(16)19/h4-10H,1-3H3,(H,20,24). The lowest BCUT2D eigenvalue weighted by atomic mass is 10.1. The molecule has 0 fully saturated rings. The van der Waals surface area contributed by atoms with Crippen LogP contribution in [0.15, 0.2) is 42.5 Å². The van der Waals surface area contributed by atoms with Gasteiger partial charge in [0.25, 0.3) is 5.91 Å². The average molecular weight is 341 g/mol. The van der Waals surface area contributed by atoms with Crippen LogP contribution in [0.1, 0.15) is 27.3 Å². The second kappa shape index (κ2) is 6.45. The van der Waals surface area contributed by atoms with Crippen molar-refractivity contribution in [3.63, 3.8) is 0 Å². The van der Waals surface area contributed by atoms with Gasteiger partial charge in [0.15, 0.2) is 5.69 Å². The highest BCUT2D eigenvalue weighted by Gasteiger charge is 2.19. The minimum atomic E-state index is -0.292. The van der Waals surface area contributed by atoms with Crippen LogP contribution >= 0.6 is 11.6 Å². The van der Waals surface area contributed by atoms with E-state index in [4.69, 9.17) is 11.6 Å². The van der Waals surface area contributed by atoms with E-state index in [1.54, 1.807) is 17.7 Å². The van der Waals surface area contributed by atoms with E-state index in [0.29, 0.717) is 16.4 Å². The van der Waals surface area contributed by atoms with Crippen molar-refractivity contribution in [3.05, 3.63) is 70.0 Å². The normalized spacial score (nSPS) is 10.7. The summed E-state index contributed by atoms with van der Waals surface area (Å²) in [4.78, 5) is 12.6. The highest BCUT2D eigenvalue weighted by molar-refractivity contribution is 6.32. The first-order chi connectivity index (χ1) is 11.5. The van der Waals surface area contributed by atoms with Crippen LogP contribution in [0.2, 0.25) is 5.02 Å². The number of aromatic nitrogens is 3. The second-order valence-corrected chi connectivity index (χ2v) is 6.00. The van der Waals surface area contributed by atoms with Gasteiger partial charge >= 0.3 is 0 Å². The smallest absolute Gasteiger partial charge is 0.278 e. The number of carbonyl (C=O) groups excluding carboxylic acids is 1. The third-order valence-corrected chi connectivity index (χ3v) is 4.36. The zero-order valence-corrected chi connectivity index (χ0v) is 14.4. The van der Waals surface area contributed by atoms with Crippen LogP contribution in [0.4, 0.5) is 5.69 Å². The number of para-hydroxylation sites is 1. The maximum Gasteiger partial charge on any atom is 0.278 e. The van der Waals surface area contributed by atoms with Crippen LogP contribution in [0.25, 0.3) is 5.69 Å². The minimum Gasteiger partial charge on any atom is -0.320 e. The number of aryl methyl sites for hydroxylation is 1. The quantitative estimate of drug-likeness (QED) is 0.781. The molecule has 0 saturated heterocycles. The van der Waals surface area contributed by atoms with Gasteiger partial charge in [-0.3, -0.25) is 4.79 Å². The van der Waals surface area contributed by atoms with Crippen molar-refractivity contribution < 1.29 is 4.79 Å². The molecule has 3 rings (SSSR count). The molecule has 0 aliphatic carbocycles. The van der Waals surface area contributed by atoms with Gasteiger partial charge in [0, 0.05) is 5.69 Å². The van der Waals surface area contributed by atoms with E-state index in [-0.39, 0.29) is 11.6 Å². The molecule has 1 aromatic heterocycles. The number of hydrogen-bond acceptors (Lipinski definition) is 3. The van der Waals surface area contributed by atoms with E-state index < -0.39 is 0 Å². The first-order valence-corrected chi connectivity index (χ1v) is 7.91. The Bertz CT molecular complexity index is 917. The van der Waals surface area contributed by atoms with Gasteiger partial charge in [0.05, 0.1) is 16.4 Å². The minimum absolute atomic E-state index is 0.274. The second-order valence-electron chi connectivity index (χ2n) is 5.59. The summed E-state index contributed by atoms with van der Waals surface area (Å²) in [5.41, 5.74) is 4.51. The number of amides is 1. The van der Waals surface area contributed by atoms with Crippen LogP contribution in [0.3, 0.4) is 0 Å². The molecule has 1 amide bonds. The van der Waals surface area contributed by atoms with Crippen molar-refractivity contribution in [1.29, 1.82) is 0 Å². The van der Waals surface area contributed by atoms with E-state index in [1.807, 2.05) is 50.2 Å². The number of carbonyl (C=O) groups is 1. The zero-order chi connectivity index (χ0) is 17.3. The molecule has 0 unspecified atom stereocenters. The summed E-state index contributed by atoms with van der Waals surface area (Å²) in [6.45, 7) is 5.77. The van der Waals surface area contributed by atoms with E-state index in [0.717, 1.165) is 16.8 Å². The first-order valence-electron chi connectivity index (χ1n) is 7.54. The zero-order valence-electron chi connectivity index (χ0n) is 13.7. The fraction of sp³-hybridized carbons (Fsp3) is 0.167. The SMILES string of the molecule is Cc1cccc(NC(=O)c2nnn(-c3ccccc3Cl)c2C)c1C. The van der Waals surface area contributed by atoms with Gasteiger partial charge in [0.1, 0.15) is 0 Å². The van der Waals surface area contributed by atoms with Gasteiger partial charge in [-0.15, -0.1) is 5.10 Å². The third kappa shape index (κ3) is 2.90. The van der Waals surface area contributed by atoms with Crippen LogP contribution in [-0.4, -0.2) is 20.9 Å². The summed E-state index contributed by atoms with van der Waals surface area (Å²) in [7, 11) is 0. The van der Waals surface area contributed by atoms with Gasteiger partial charge in [-0.05, 0) is 50.1 Å². The van der Waals surface area contributed by atoms with Gasteiger partial charge in [0.2, 0.25) is 0 Å².